The molecule has 0 aromatic heterocycles. The van der Waals surface area contributed by atoms with Crippen LogP contribution in [0.3, 0.4) is 0 Å². The summed E-state index contributed by atoms with van der Waals surface area (Å²) in [5, 5.41) is 9.24. The zero-order chi connectivity index (χ0) is 22.5. The van der Waals surface area contributed by atoms with E-state index in [0.717, 1.165) is 42.4 Å². The van der Waals surface area contributed by atoms with Crippen LogP contribution in [-0.2, 0) is 17.7 Å². The number of carbonyl (C=O) groups is 1. The maximum absolute atomic E-state index is 11.2. The van der Waals surface area contributed by atoms with E-state index in [1.807, 2.05) is 43.3 Å². The monoisotopic (exact) mass is 556 g/mol. The molecule has 0 atom stereocenters. The Morgan fingerprint density at radius 2 is 1.72 bits per heavy atom. The fraction of sp³-hybridized carbons (Fsp3) is 0.391. The molecule has 0 fully saturated rings. The summed E-state index contributed by atoms with van der Waals surface area (Å²) in [6, 6.07) is 13.6. The number of aliphatic imine (C=N–C) groups is 1. The highest BCUT2D eigenvalue weighted by molar-refractivity contribution is 14.0. The molecule has 0 saturated carbocycles. The molecule has 0 heterocycles. The molecule has 3 N–H and O–H groups in total. The average molecular weight is 556 g/mol. The van der Waals surface area contributed by atoms with Crippen LogP contribution < -0.4 is 25.4 Å². The summed E-state index contributed by atoms with van der Waals surface area (Å²) in [4.78, 5) is 15.5. The quantitative estimate of drug-likeness (QED) is 0.176. The van der Waals surface area contributed by atoms with Crippen LogP contribution in [0.5, 0.6) is 11.5 Å². The van der Waals surface area contributed by atoms with Gasteiger partial charge in [0.25, 0.3) is 0 Å². The third-order valence-electron chi connectivity index (χ3n) is 4.53. The lowest BCUT2D eigenvalue weighted by molar-refractivity contribution is 0.187. The van der Waals surface area contributed by atoms with E-state index in [-0.39, 0.29) is 24.0 Å². The lowest BCUT2D eigenvalue weighted by atomic mass is 10.1. The van der Waals surface area contributed by atoms with Crippen molar-refractivity contribution < 1.29 is 19.0 Å². The van der Waals surface area contributed by atoms with E-state index < -0.39 is 6.09 Å². The number of benzene rings is 2. The molecule has 8 nitrogen and oxygen atoms in total. The Balaban J connectivity index is 0.00000512. The molecule has 2 aromatic carbocycles. The van der Waals surface area contributed by atoms with E-state index in [2.05, 4.69) is 31.7 Å². The Morgan fingerprint density at radius 1 is 1.00 bits per heavy atom. The van der Waals surface area contributed by atoms with Gasteiger partial charge in [-0.3, -0.25) is 10.3 Å². The number of nitrogens with one attached hydrogen (secondary N) is 3. The summed E-state index contributed by atoms with van der Waals surface area (Å²) in [5.74, 6) is 2.27. The van der Waals surface area contributed by atoms with Crippen LogP contribution in [0, 0.1) is 0 Å². The number of methoxy groups -OCH3 is 2. The highest BCUT2D eigenvalue weighted by atomic mass is 127. The van der Waals surface area contributed by atoms with Crippen molar-refractivity contribution in [3.8, 4) is 11.5 Å². The standard InChI is InChI=1S/C23H32N4O4.HI/c1-5-31-21-15-17(10-13-20(21)29-3)7-6-14-25-22(24-2)26-16-18-8-11-19(12-9-18)27-23(28)30-4;/h8-13,15H,5-7,14,16H2,1-4H3,(H,27,28)(H2,24,25,26);1H. The van der Waals surface area contributed by atoms with Gasteiger partial charge < -0.3 is 24.8 Å². The second kappa shape index (κ2) is 15.2. The number of hydrogen-bond donors (Lipinski definition) is 3. The van der Waals surface area contributed by atoms with Gasteiger partial charge in [-0.2, -0.15) is 0 Å². The van der Waals surface area contributed by atoms with Crippen LogP contribution in [0.2, 0.25) is 0 Å². The number of amides is 1. The van der Waals surface area contributed by atoms with Crippen LogP contribution in [0.4, 0.5) is 10.5 Å². The Labute approximate surface area is 207 Å². The summed E-state index contributed by atoms with van der Waals surface area (Å²) in [5.41, 5.74) is 2.96. The molecular formula is C23H33IN4O4. The van der Waals surface area contributed by atoms with Crippen molar-refractivity contribution in [2.75, 3.05) is 39.7 Å². The second-order valence-electron chi connectivity index (χ2n) is 6.69. The number of anilines is 1. The molecule has 32 heavy (non-hydrogen) atoms. The summed E-state index contributed by atoms with van der Waals surface area (Å²) >= 11 is 0. The molecule has 0 aliphatic heterocycles. The Morgan fingerprint density at radius 3 is 2.34 bits per heavy atom. The predicted octanol–water partition coefficient (Wildman–Crippen LogP) is 4.19. The van der Waals surface area contributed by atoms with Crippen molar-refractivity contribution in [3.05, 3.63) is 53.6 Å². The summed E-state index contributed by atoms with van der Waals surface area (Å²) in [7, 11) is 4.73. The third kappa shape index (κ3) is 9.21. The normalized spacial score (nSPS) is 10.6. The van der Waals surface area contributed by atoms with Crippen molar-refractivity contribution in [1.82, 2.24) is 10.6 Å². The van der Waals surface area contributed by atoms with E-state index in [1.54, 1.807) is 14.2 Å². The van der Waals surface area contributed by atoms with Crippen LogP contribution in [0.15, 0.2) is 47.5 Å². The minimum Gasteiger partial charge on any atom is -0.493 e. The molecule has 176 valence electrons. The van der Waals surface area contributed by atoms with Crippen molar-refractivity contribution in [3.63, 3.8) is 0 Å². The first kappa shape index (κ1) is 27.3. The fourth-order valence-electron chi connectivity index (χ4n) is 2.93. The van der Waals surface area contributed by atoms with Crippen LogP contribution >= 0.6 is 24.0 Å². The number of aryl methyl sites for hydroxylation is 1. The lowest BCUT2D eigenvalue weighted by Crippen LogP contribution is -2.37. The number of rotatable bonds is 10. The SMILES string of the molecule is CCOc1cc(CCCNC(=NC)NCc2ccc(NC(=O)OC)cc2)ccc1OC.I. The largest absolute Gasteiger partial charge is 0.493 e. The van der Waals surface area contributed by atoms with Gasteiger partial charge in [-0.25, -0.2) is 4.79 Å². The summed E-state index contributed by atoms with van der Waals surface area (Å²) in [6.45, 7) is 3.97. The molecule has 0 aliphatic carbocycles. The minimum atomic E-state index is -0.487. The Kier molecular flexibility index (Phi) is 13.0. The van der Waals surface area contributed by atoms with Gasteiger partial charge in [0, 0.05) is 25.8 Å². The number of ether oxygens (including phenoxy) is 3. The van der Waals surface area contributed by atoms with Gasteiger partial charge in [0.05, 0.1) is 20.8 Å². The molecule has 9 heteroatoms. The van der Waals surface area contributed by atoms with Gasteiger partial charge in [-0.1, -0.05) is 18.2 Å². The molecular weight excluding hydrogens is 523 g/mol. The van der Waals surface area contributed by atoms with Crippen molar-refractivity contribution in [2.24, 2.45) is 4.99 Å². The van der Waals surface area contributed by atoms with E-state index in [0.29, 0.717) is 18.8 Å². The smallest absolute Gasteiger partial charge is 0.411 e. The maximum atomic E-state index is 11.2. The fourth-order valence-corrected chi connectivity index (χ4v) is 2.93. The topological polar surface area (TPSA) is 93.2 Å². The number of hydrogen-bond acceptors (Lipinski definition) is 5. The Hall–Kier alpha value is -2.69. The number of nitrogens with zero attached hydrogens (tertiary/aromatic N) is 1. The first-order valence-electron chi connectivity index (χ1n) is 10.3. The number of halogens is 1. The summed E-state index contributed by atoms with van der Waals surface area (Å²) < 4.78 is 15.6. The van der Waals surface area contributed by atoms with Gasteiger partial charge in [0.15, 0.2) is 17.5 Å². The molecule has 0 aliphatic rings. The predicted molar refractivity (Wildman–Crippen MR) is 139 cm³/mol. The average Bonchev–Trinajstić information content (AvgIpc) is 2.80. The van der Waals surface area contributed by atoms with Gasteiger partial charge >= 0.3 is 6.09 Å². The lowest BCUT2D eigenvalue weighted by Gasteiger charge is -2.13. The van der Waals surface area contributed by atoms with E-state index in [1.165, 1.54) is 12.7 Å². The molecule has 0 spiro atoms. The van der Waals surface area contributed by atoms with Gasteiger partial charge in [0.2, 0.25) is 0 Å². The highest BCUT2D eigenvalue weighted by Gasteiger charge is 2.06. The molecule has 0 saturated heterocycles. The zero-order valence-corrected chi connectivity index (χ0v) is 21.4. The number of carbonyl (C=O) groups excluding carboxylic acids is 1. The van der Waals surface area contributed by atoms with Crippen LogP contribution in [-0.4, -0.2) is 46.5 Å². The van der Waals surface area contributed by atoms with Crippen molar-refractivity contribution in [1.29, 1.82) is 0 Å². The van der Waals surface area contributed by atoms with E-state index in [9.17, 15) is 4.79 Å². The molecule has 0 unspecified atom stereocenters. The summed E-state index contributed by atoms with van der Waals surface area (Å²) in [6.07, 6.45) is 1.38. The maximum Gasteiger partial charge on any atom is 0.411 e. The first-order chi connectivity index (χ1) is 15.1. The molecule has 1 amide bonds. The molecule has 0 bridgehead atoms. The highest BCUT2D eigenvalue weighted by Crippen LogP contribution is 2.28. The minimum absolute atomic E-state index is 0. The van der Waals surface area contributed by atoms with Crippen LogP contribution in [0.1, 0.15) is 24.5 Å². The van der Waals surface area contributed by atoms with Crippen molar-refractivity contribution in [2.45, 2.75) is 26.3 Å². The molecule has 2 rings (SSSR count). The number of guanidine groups is 1. The molecule has 0 radical (unpaired) electrons. The first-order valence-corrected chi connectivity index (χ1v) is 10.3. The third-order valence-corrected chi connectivity index (χ3v) is 4.53. The van der Waals surface area contributed by atoms with Crippen LogP contribution in [0.25, 0.3) is 0 Å². The van der Waals surface area contributed by atoms with Gasteiger partial charge in [0.1, 0.15) is 0 Å². The van der Waals surface area contributed by atoms with E-state index in [4.69, 9.17) is 9.47 Å². The van der Waals surface area contributed by atoms with E-state index >= 15 is 0 Å². The molecule has 2 aromatic rings. The van der Waals surface area contributed by atoms with Gasteiger partial charge in [-0.05, 0) is 55.2 Å². The zero-order valence-electron chi connectivity index (χ0n) is 19.1. The van der Waals surface area contributed by atoms with Crippen molar-refractivity contribution >= 4 is 41.7 Å². The Bertz CT molecular complexity index is 860. The van der Waals surface area contributed by atoms with Gasteiger partial charge in [-0.15, -0.1) is 24.0 Å². The second-order valence-corrected chi connectivity index (χ2v) is 6.69.